The second kappa shape index (κ2) is 6.41. The molecule has 0 aromatic carbocycles. The van der Waals surface area contributed by atoms with Crippen LogP contribution in [0.5, 0.6) is 0 Å². The Hall–Kier alpha value is -1.73. The molecule has 0 radical (unpaired) electrons. The summed E-state index contributed by atoms with van der Waals surface area (Å²) >= 11 is 1.31. The molecule has 2 aromatic heterocycles. The van der Waals surface area contributed by atoms with Crippen LogP contribution in [0.3, 0.4) is 0 Å². The van der Waals surface area contributed by atoms with Gasteiger partial charge in [0.15, 0.2) is 0 Å². The number of hydrogen-bond acceptors (Lipinski definition) is 5. The van der Waals surface area contributed by atoms with E-state index in [0.717, 1.165) is 18.4 Å². The fourth-order valence-electron chi connectivity index (χ4n) is 3.02. The number of aromatic nitrogens is 2. The first-order valence-electron chi connectivity index (χ1n) is 7.88. The molecule has 3 heterocycles. The number of aryl methyl sites for hydroxylation is 2. The van der Waals surface area contributed by atoms with Gasteiger partial charge in [-0.3, -0.25) is 9.59 Å². The minimum absolute atomic E-state index is 0.00232. The largest absolute Gasteiger partial charge is 0.378 e. The lowest BCUT2D eigenvalue weighted by molar-refractivity contribution is 0.0147. The number of fused-ring (bicyclic) bond motifs is 1. The minimum Gasteiger partial charge on any atom is -0.378 e. The highest BCUT2D eigenvalue weighted by molar-refractivity contribution is 7.20. The highest BCUT2D eigenvalue weighted by Gasteiger charge is 2.27. The Morgan fingerprint density at radius 3 is 2.78 bits per heavy atom. The lowest BCUT2D eigenvalue weighted by atomic mass is 10.1. The zero-order valence-corrected chi connectivity index (χ0v) is 14.5. The van der Waals surface area contributed by atoms with E-state index in [1.54, 1.807) is 7.05 Å². The first kappa shape index (κ1) is 16.1. The first-order valence-corrected chi connectivity index (χ1v) is 8.70. The van der Waals surface area contributed by atoms with Gasteiger partial charge < -0.3 is 14.2 Å². The summed E-state index contributed by atoms with van der Waals surface area (Å²) in [4.78, 5) is 32.5. The summed E-state index contributed by atoms with van der Waals surface area (Å²) in [6, 6.07) is 0. The molecule has 6 nitrogen and oxygen atoms in total. The molecule has 1 saturated heterocycles. The number of rotatable bonds is 3. The molecule has 0 N–H and O–H groups in total. The van der Waals surface area contributed by atoms with Crippen molar-refractivity contribution in [2.45, 2.75) is 32.8 Å². The highest BCUT2D eigenvalue weighted by atomic mass is 32.1. The molecule has 1 amide bonds. The van der Waals surface area contributed by atoms with E-state index in [2.05, 4.69) is 4.98 Å². The SMILES string of the molecule is CCOC1CCN(C(=O)c2sc3ncn(C)c(=O)c3c2C)CC1. The number of piperidine rings is 1. The number of ether oxygens (including phenoxy) is 1. The van der Waals surface area contributed by atoms with Crippen LogP contribution in [-0.4, -0.2) is 46.2 Å². The quantitative estimate of drug-likeness (QED) is 0.860. The molecule has 0 spiro atoms. The Morgan fingerprint density at radius 1 is 1.43 bits per heavy atom. The van der Waals surface area contributed by atoms with Crippen LogP contribution in [0.4, 0.5) is 0 Å². The van der Waals surface area contributed by atoms with Gasteiger partial charge in [-0.25, -0.2) is 4.98 Å². The smallest absolute Gasteiger partial charge is 0.264 e. The topological polar surface area (TPSA) is 64.4 Å². The fourth-order valence-corrected chi connectivity index (χ4v) is 4.12. The van der Waals surface area contributed by atoms with Crippen molar-refractivity contribution in [3.8, 4) is 0 Å². The third kappa shape index (κ3) is 2.90. The molecular weight excluding hydrogens is 314 g/mol. The third-order valence-corrected chi connectivity index (χ3v) is 5.52. The van der Waals surface area contributed by atoms with Crippen molar-refractivity contribution >= 4 is 27.5 Å². The standard InChI is InChI=1S/C16H21N3O3S/c1-4-22-11-5-7-19(8-6-11)16(21)13-10(2)12-14(23-13)17-9-18(3)15(12)20/h9,11H,4-8H2,1-3H3. The van der Waals surface area contributed by atoms with Crippen molar-refractivity contribution in [1.29, 1.82) is 0 Å². The van der Waals surface area contributed by atoms with E-state index in [1.165, 1.54) is 22.2 Å². The van der Waals surface area contributed by atoms with Crippen molar-refractivity contribution in [3.05, 3.63) is 27.1 Å². The monoisotopic (exact) mass is 335 g/mol. The van der Waals surface area contributed by atoms with Gasteiger partial charge >= 0.3 is 0 Å². The van der Waals surface area contributed by atoms with E-state index < -0.39 is 0 Å². The summed E-state index contributed by atoms with van der Waals surface area (Å²) in [5.41, 5.74) is 0.647. The summed E-state index contributed by atoms with van der Waals surface area (Å²) < 4.78 is 7.08. The summed E-state index contributed by atoms with van der Waals surface area (Å²) in [6.07, 6.45) is 3.48. The van der Waals surface area contributed by atoms with Crippen LogP contribution in [0.2, 0.25) is 0 Å². The van der Waals surface area contributed by atoms with E-state index in [-0.39, 0.29) is 17.6 Å². The number of carbonyl (C=O) groups excluding carboxylic acids is 1. The van der Waals surface area contributed by atoms with Gasteiger partial charge in [0.05, 0.1) is 22.7 Å². The van der Waals surface area contributed by atoms with Crippen LogP contribution in [0.15, 0.2) is 11.1 Å². The zero-order chi connectivity index (χ0) is 16.6. The van der Waals surface area contributed by atoms with E-state index in [0.29, 0.717) is 34.8 Å². The molecule has 0 aliphatic carbocycles. The Kier molecular flexibility index (Phi) is 4.50. The van der Waals surface area contributed by atoms with Crippen molar-refractivity contribution in [1.82, 2.24) is 14.5 Å². The van der Waals surface area contributed by atoms with Gasteiger partial charge in [-0.1, -0.05) is 0 Å². The molecule has 7 heteroatoms. The summed E-state index contributed by atoms with van der Waals surface area (Å²) in [6.45, 7) is 5.93. The first-order chi connectivity index (χ1) is 11.0. The second-order valence-corrected chi connectivity index (χ2v) is 6.84. The van der Waals surface area contributed by atoms with E-state index in [1.807, 2.05) is 18.7 Å². The van der Waals surface area contributed by atoms with Gasteiger partial charge in [-0.2, -0.15) is 0 Å². The maximum atomic E-state index is 12.8. The second-order valence-electron chi connectivity index (χ2n) is 5.84. The summed E-state index contributed by atoms with van der Waals surface area (Å²) in [5.74, 6) is 0.00232. The van der Waals surface area contributed by atoms with Crippen molar-refractivity contribution in [2.24, 2.45) is 7.05 Å². The van der Waals surface area contributed by atoms with Gasteiger partial charge in [-0.15, -0.1) is 11.3 Å². The van der Waals surface area contributed by atoms with Crippen LogP contribution in [0, 0.1) is 6.92 Å². The molecule has 0 unspecified atom stereocenters. The number of amides is 1. The number of thiophene rings is 1. The number of carbonyl (C=O) groups is 1. The number of hydrogen-bond donors (Lipinski definition) is 0. The molecule has 3 rings (SSSR count). The molecule has 0 bridgehead atoms. The van der Waals surface area contributed by atoms with Gasteiger partial charge in [0.25, 0.3) is 11.5 Å². The Bertz CT molecular complexity index is 788. The molecule has 2 aromatic rings. The molecule has 0 saturated carbocycles. The van der Waals surface area contributed by atoms with Gasteiger partial charge in [-0.05, 0) is 32.3 Å². The predicted octanol–water partition coefficient (Wildman–Crippen LogP) is 1.94. The van der Waals surface area contributed by atoms with Gasteiger partial charge in [0.2, 0.25) is 0 Å². The number of nitrogens with zero attached hydrogens (tertiary/aromatic N) is 3. The molecular formula is C16H21N3O3S. The van der Waals surface area contributed by atoms with E-state index in [9.17, 15) is 9.59 Å². The highest BCUT2D eigenvalue weighted by Crippen LogP contribution is 2.29. The van der Waals surface area contributed by atoms with Gasteiger partial charge in [0.1, 0.15) is 4.83 Å². The molecule has 124 valence electrons. The van der Waals surface area contributed by atoms with Crippen LogP contribution < -0.4 is 5.56 Å². The molecule has 23 heavy (non-hydrogen) atoms. The average Bonchev–Trinajstić information content (AvgIpc) is 2.89. The minimum atomic E-state index is -0.0992. The number of likely N-dealkylation sites (tertiary alicyclic amines) is 1. The lowest BCUT2D eigenvalue weighted by Crippen LogP contribution is -2.40. The average molecular weight is 335 g/mol. The van der Waals surface area contributed by atoms with Crippen molar-refractivity contribution in [2.75, 3.05) is 19.7 Å². The molecule has 1 fully saturated rings. The maximum absolute atomic E-state index is 12.8. The van der Waals surface area contributed by atoms with Crippen molar-refractivity contribution < 1.29 is 9.53 Å². The van der Waals surface area contributed by atoms with E-state index >= 15 is 0 Å². The van der Waals surface area contributed by atoms with Crippen LogP contribution >= 0.6 is 11.3 Å². The fraction of sp³-hybridized carbons (Fsp3) is 0.562. The Morgan fingerprint density at radius 2 is 2.13 bits per heavy atom. The Labute approximate surface area is 138 Å². The van der Waals surface area contributed by atoms with Crippen LogP contribution in [0.1, 0.15) is 35.0 Å². The van der Waals surface area contributed by atoms with Crippen molar-refractivity contribution in [3.63, 3.8) is 0 Å². The normalized spacial score (nSPS) is 16.2. The van der Waals surface area contributed by atoms with E-state index in [4.69, 9.17) is 4.74 Å². The summed E-state index contributed by atoms with van der Waals surface area (Å²) in [7, 11) is 1.67. The van der Waals surface area contributed by atoms with Crippen LogP contribution in [-0.2, 0) is 11.8 Å². The zero-order valence-electron chi connectivity index (χ0n) is 13.7. The summed E-state index contributed by atoms with van der Waals surface area (Å²) in [5, 5.41) is 0.563. The third-order valence-electron chi connectivity index (χ3n) is 4.34. The molecule has 1 aliphatic heterocycles. The van der Waals surface area contributed by atoms with Crippen LogP contribution in [0.25, 0.3) is 10.2 Å². The maximum Gasteiger partial charge on any atom is 0.264 e. The van der Waals surface area contributed by atoms with Gasteiger partial charge in [0, 0.05) is 26.7 Å². The lowest BCUT2D eigenvalue weighted by Gasteiger charge is -2.31. The molecule has 1 aliphatic rings. The predicted molar refractivity (Wildman–Crippen MR) is 90.1 cm³/mol. The Balaban J connectivity index is 1.86. The molecule has 0 atom stereocenters.